The fourth-order valence-electron chi connectivity index (χ4n) is 2.92. The summed E-state index contributed by atoms with van der Waals surface area (Å²) in [5.41, 5.74) is 2.11. The van der Waals surface area contributed by atoms with Gasteiger partial charge in [-0.05, 0) is 37.1 Å². The van der Waals surface area contributed by atoms with Crippen LogP contribution < -0.4 is 5.32 Å². The van der Waals surface area contributed by atoms with E-state index in [0.717, 1.165) is 11.4 Å². The predicted molar refractivity (Wildman–Crippen MR) is 80.3 cm³/mol. The Kier molecular flexibility index (Phi) is 4.38. The van der Waals surface area contributed by atoms with Gasteiger partial charge in [-0.2, -0.15) is 0 Å². The number of rotatable bonds is 4. The quantitative estimate of drug-likeness (QED) is 0.921. The third-order valence-corrected chi connectivity index (χ3v) is 3.97. The average molecular weight is 267 g/mol. The van der Waals surface area contributed by atoms with Crippen LogP contribution in [0.25, 0.3) is 0 Å². The standard InChI is InChI=1S/C17H21N3/c1-2-8-14(9-3-1)20-17(15-10-4-6-12-18-15)16-11-5-7-13-19-16/h4-7,10-14,17,20H,1-3,8-9H2. The van der Waals surface area contributed by atoms with Gasteiger partial charge in [0.2, 0.25) is 0 Å². The van der Waals surface area contributed by atoms with Crippen LogP contribution in [0.5, 0.6) is 0 Å². The number of hydrogen-bond donors (Lipinski definition) is 1. The molecule has 3 heteroatoms. The second-order valence-corrected chi connectivity index (χ2v) is 5.44. The molecule has 2 aromatic rings. The molecule has 0 spiro atoms. The van der Waals surface area contributed by atoms with Crippen LogP contribution in [0, 0.1) is 0 Å². The van der Waals surface area contributed by atoms with Crippen LogP contribution in [-0.2, 0) is 0 Å². The molecule has 0 atom stereocenters. The summed E-state index contributed by atoms with van der Waals surface area (Å²) in [5, 5.41) is 3.76. The molecule has 104 valence electrons. The first kappa shape index (κ1) is 13.3. The van der Waals surface area contributed by atoms with Crippen LogP contribution >= 0.6 is 0 Å². The van der Waals surface area contributed by atoms with Gasteiger partial charge in [-0.1, -0.05) is 31.4 Å². The molecule has 0 aromatic carbocycles. The fraction of sp³-hybridized carbons (Fsp3) is 0.412. The molecule has 0 radical (unpaired) electrons. The Bertz CT molecular complexity index is 467. The maximum absolute atomic E-state index is 4.52. The van der Waals surface area contributed by atoms with Crippen molar-refractivity contribution in [1.29, 1.82) is 0 Å². The first-order valence-corrected chi connectivity index (χ1v) is 7.51. The summed E-state index contributed by atoms with van der Waals surface area (Å²) in [7, 11) is 0. The second kappa shape index (κ2) is 6.62. The van der Waals surface area contributed by atoms with Gasteiger partial charge in [0, 0.05) is 18.4 Å². The molecular formula is C17H21N3. The van der Waals surface area contributed by atoms with Gasteiger partial charge in [0.15, 0.2) is 0 Å². The largest absolute Gasteiger partial charge is 0.301 e. The van der Waals surface area contributed by atoms with Crippen LogP contribution in [0.4, 0.5) is 0 Å². The third kappa shape index (κ3) is 3.23. The Morgan fingerprint density at radius 2 is 1.45 bits per heavy atom. The molecule has 1 aliphatic rings. The number of nitrogens with one attached hydrogen (secondary N) is 1. The maximum atomic E-state index is 4.52. The molecule has 0 unspecified atom stereocenters. The fourth-order valence-corrected chi connectivity index (χ4v) is 2.92. The number of aromatic nitrogens is 2. The monoisotopic (exact) mass is 267 g/mol. The molecule has 1 saturated carbocycles. The lowest BCUT2D eigenvalue weighted by Gasteiger charge is -2.28. The first-order chi connectivity index (χ1) is 9.93. The number of pyridine rings is 2. The molecule has 3 rings (SSSR count). The predicted octanol–water partition coefficient (Wildman–Crippen LogP) is 3.49. The van der Waals surface area contributed by atoms with Crippen molar-refractivity contribution in [3.8, 4) is 0 Å². The van der Waals surface area contributed by atoms with Crippen LogP contribution in [0.3, 0.4) is 0 Å². The van der Waals surface area contributed by atoms with Crippen molar-refractivity contribution in [2.45, 2.75) is 44.2 Å². The van der Waals surface area contributed by atoms with Gasteiger partial charge in [-0.3, -0.25) is 9.97 Å². The summed E-state index contributed by atoms with van der Waals surface area (Å²) < 4.78 is 0. The minimum atomic E-state index is 0.0977. The van der Waals surface area contributed by atoms with E-state index in [9.17, 15) is 0 Å². The van der Waals surface area contributed by atoms with Gasteiger partial charge >= 0.3 is 0 Å². The smallest absolute Gasteiger partial charge is 0.0927 e. The van der Waals surface area contributed by atoms with Crippen molar-refractivity contribution in [3.05, 3.63) is 60.2 Å². The minimum Gasteiger partial charge on any atom is -0.301 e. The van der Waals surface area contributed by atoms with Gasteiger partial charge in [0.25, 0.3) is 0 Å². The second-order valence-electron chi connectivity index (χ2n) is 5.44. The van der Waals surface area contributed by atoms with Crippen LogP contribution in [0.1, 0.15) is 49.5 Å². The topological polar surface area (TPSA) is 37.8 Å². The van der Waals surface area contributed by atoms with Crippen LogP contribution in [-0.4, -0.2) is 16.0 Å². The summed E-state index contributed by atoms with van der Waals surface area (Å²) in [4.78, 5) is 9.04. The molecule has 3 nitrogen and oxygen atoms in total. The van der Waals surface area contributed by atoms with Crippen molar-refractivity contribution in [2.24, 2.45) is 0 Å². The minimum absolute atomic E-state index is 0.0977. The van der Waals surface area contributed by atoms with E-state index in [-0.39, 0.29) is 6.04 Å². The Morgan fingerprint density at radius 3 is 1.95 bits per heavy atom. The lowest BCUT2D eigenvalue weighted by molar-refractivity contribution is 0.350. The molecule has 2 heterocycles. The summed E-state index contributed by atoms with van der Waals surface area (Å²) in [6.45, 7) is 0. The molecule has 0 aliphatic heterocycles. The highest BCUT2D eigenvalue weighted by atomic mass is 15.0. The van der Waals surface area contributed by atoms with Gasteiger partial charge < -0.3 is 5.32 Å². The van der Waals surface area contributed by atoms with Crippen molar-refractivity contribution >= 4 is 0 Å². The van der Waals surface area contributed by atoms with E-state index >= 15 is 0 Å². The molecule has 1 N–H and O–H groups in total. The zero-order valence-corrected chi connectivity index (χ0v) is 11.7. The van der Waals surface area contributed by atoms with E-state index in [1.54, 1.807) is 0 Å². The van der Waals surface area contributed by atoms with E-state index in [2.05, 4.69) is 27.4 Å². The maximum Gasteiger partial charge on any atom is 0.0927 e. The van der Waals surface area contributed by atoms with Gasteiger partial charge in [0.1, 0.15) is 0 Å². The highest BCUT2D eigenvalue weighted by Gasteiger charge is 2.22. The van der Waals surface area contributed by atoms with Crippen molar-refractivity contribution < 1.29 is 0 Å². The zero-order valence-electron chi connectivity index (χ0n) is 11.7. The SMILES string of the molecule is c1ccc(C(NC2CCCCC2)c2ccccn2)nc1. The first-order valence-electron chi connectivity index (χ1n) is 7.51. The van der Waals surface area contributed by atoms with E-state index in [4.69, 9.17) is 0 Å². The molecule has 20 heavy (non-hydrogen) atoms. The van der Waals surface area contributed by atoms with Gasteiger partial charge in [0.05, 0.1) is 17.4 Å². The normalized spacial score (nSPS) is 16.4. The molecule has 2 aromatic heterocycles. The number of nitrogens with zero attached hydrogens (tertiary/aromatic N) is 2. The Labute approximate surface area is 120 Å². The lowest BCUT2D eigenvalue weighted by Crippen LogP contribution is -2.35. The average Bonchev–Trinajstić information content (AvgIpc) is 2.55. The van der Waals surface area contributed by atoms with Crippen molar-refractivity contribution in [3.63, 3.8) is 0 Å². The van der Waals surface area contributed by atoms with Crippen molar-refractivity contribution in [1.82, 2.24) is 15.3 Å². The molecule has 0 amide bonds. The van der Waals surface area contributed by atoms with Crippen LogP contribution in [0.2, 0.25) is 0 Å². The highest BCUT2D eigenvalue weighted by molar-refractivity contribution is 5.22. The number of hydrogen-bond acceptors (Lipinski definition) is 3. The van der Waals surface area contributed by atoms with Gasteiger partial charge in [-0.25, -0.2) is 0 Å². The molecule has 0 saturated heterocycles. The van der Waals surface area contributed by atoms with Gasteiger partial charge in [-0.15, -0.1) is 0 Å². The zero-order chi connectivity index (χ0) is 13.6. The van der Waals surface area contributed by atoms with Crippen molar-refractivity contribution in [2.75, 3.05) is 0 Å². The Hall–Kier alpha value is -1.74. The Morgan fingerprint density at radius 1 is 0.850 bits per heavy atom. The van der Waals surface area contributed by atoms with E-state index < -0.39 is 0 Å². The van der Waals surface area contributed by atoms with E-state index in [1.165, 1.54) is 32.1 Å². The summed E-state index contributed by atoms with van der Waals surface area (Å²) >= 11 is 0. The summed E-state index contributed by atoms with van der Waals surface area (Å²) in [6, 6.07) is 12.8. The van der Waals surface area contributed by atoms with Crippen LogP contribution in [0.15, 0.2) is 48.8 Å². The summed E-state index contributed by atoms with van der Waals surface area (Å²) in [5.74, 6) is 0. The molecule has 1 fully saturated rings. The third-order valence-electron chi connectivity index (χ3n) is 3.97. The molecular weight excluding hydrogens is 246 g/mol. The molecule has 0 bridgehead atoms. The molecule has 1 aliphatic carbocycles. The highest BCUT2D eigenvalue weighted by Crippen LogP contribution is 2.24. The van der Waals surface area contributed by atoms with E-state index in [1.807, 2.05) is 36.7 Å². The summed E-state index contributed by atoms with van der Waals surface area (Å²) in [6.07, 6.45) is 10.3. The Balaban J connectivity index is 1.83. The lowest BCUT2D eigenvalue weighted by atomic mass is 9.94. The van der Waals surface area contributed by atoms with E-state index in [0.29, 0.717) is 6.04 Å².